The monoisotopic (exact) mass is 373 g/mol. The topological polar surface area (TPSA) is 39.1 Å². The van der Waals surface area contributed by atoms with Crippen LogP contribution in [0.2, 0.25) is 0 Å². The first-order valence-electron chi connectivity index (χ1n) is 6.62. The van der Waals surface area contributed by atoms with E-state index in [0.29, 0.717) is 31.7 Å². The van der Waals surface area contributed by atoms with Gasteiger partial charge in [0.05, 0.1) is 12.0 Å². The summed E-state index contributed by atoms with van der Waals surface area (Å²) in [6.45, 7) is 2.20. The highest BCUT2D eigenvalue weighted by molar-refractivity contribution is 5.85. The zero-order chi connectivity index (χ0) is 15.5. The van der Waals surface area contributed by atoms with E-state index in [1.165, 1.54) is 12.1 Å². The lowest BCUT2D eigenvalue weighted by Gasteiger charge is -2.35. The predicted molar refractivity (Wildman–Crippen MR) is 83.5 cm³/mol. The molecule has 1 atom stereocenters. The molecule has 1 saturated heterocycles. The van der Waals surface area contributed by atoms with Gasteiger partial charge in [-0.25, -0.2) is 4.39 Å². The molecular weight excluding hydrogens is 357 g/mol. The molecule has 0 bridgehead atoms. The number of hydrogen-bond donors (Lipinski definition) is 1. The number of nitrogens with zero attached hydrogens (tertiary/aromatic N) is 2. The highest BCUT2D eigenvalue weighted by atomic mass is 35.5. The van der Waals surface area contributed by atoms with Gasteiger partial charge < -0.3 is 5.32 Å². The number of piperazine rings is 1. The molecule has 1 aliphatic heterocycles. The van der Waals surface area contributed by atoms with Crippen molar-refractivity contribution in [2.24, 2.45) is 0 Å². The Hall–Kier alpha value is -1.07. The highest BCUT2D eigenvalue weighted by Gasteiger charge is 2.36. The smallest absolute Gasteiger partial charge is 0.314 e. The lowest BCUT2D eigenvalue weighted by atomic mass is 9.98. The molecule has 0 spiro atoms. The Kier molecular flexibility index (Phi) is 8.85. The van der Waals surface area contributed by atoms with Crippen LogP contribution in [-0.2, 0) is 0 Å². The molecule has 1 aromatic rings. The van der Waals surface area contributed by atoms with Crippen LogP contribution in [0.4, 0.5) is 17.6 Å². The van der Waals surface area contributed by atoms with Crippen LogP contribution in [0.1, 0.15) is 23.6 Å². The van der Waals surface area contributed by atoms with Crippen LogP contribution in [0.15, 0.2) is 18.2 Å². The minimum Gasteiger partial charge on any atom is -0.314 e. The van der Waals surface area contributed by atoms with Crippen LogP contribution in [0.5, 0.6) is 0 Å². The maximum Gasteiger partial charge on any atom is 0.390 e. The fourth-order valence-electron chi connectivity index (χ4n) is 2.51. The minimum atomic E-state index is -4.32. The van der Waals surface area contributed by atoms with Crippen molar-refractivity contribution in [2.75, 3.05) is 26.2 Å². The molecule has 1 N–H and O–H groups in total. The Morgan fingerprint density at radius 1 is 1.22 bits per heavy atom. The summed E-state index contributed by atoms with van der Waals surface area (Å²) < 4.78 is 51.8. The second-order valence-electron chi connectivity index (χ2n) is 4.97. The fraction of sp³-hybridized carbons (Fsp3) is 0.500. The molecule has 9 heteroatoms. The molecule has 1 heterocycles. The lowest BCUT2D eigenvalue weighted by molar-refractivity contribution is -0.148. The summed E-state index contributed by atoms with van der Waals surface area (Å²) in [5.74, 6) is -0.715. The SMILES string of the molecule is Cl.Cl.N#Cc1cc([C@H](CC(F)(F)F)N2CCNCC2)ccc1F. The third-order valence-corrected chi connectivity index (χ3v) is 3.51. The number of hydrogen-bond acceptors (Lipinski definition) is 3. The van der Waals surface area contributed by atoms with Crippen molar-refractivity contribution < 1.29 is 17.6 Å². The van der Waals surface area contributed by atoms with E-state index < -0.39 is 24.5 Å². The van der Waals surface area contributed by atoms with Gasteiger partial charge in [0.25, 0.3) is 0 Å². The summed E-state index contributed by atoms with van der Waals surface area (Å²) in [5.41, 5.74) is 0.0991. The maximum atomic E-state index is 13.3. The van der Waals surface area contributed by atoms with Gasteiger partial charge in [0.2, 0.25) is 0 Å². The van der Waals surface area contributed by atoms with Gasteiger partial charge in [0, 0.05) is 32.2 Å². The number of nitrogens with one attached hydrogen (secondary N) is 1. The van der Waals surface area contributed by atoms with Gasteiger partial charge in [-0.1, -0.05) is 6.07 Å². The number of rotatable bonds is 3. The number of benzene rings is 1. The van der Waals surface area contributed by atoms with Crippen molar-refractivity contribution in [3.63, 3.8) is 0 Å². The van der Waals surface area contributed by atoms with Gasteiger partial charge >= 0.3 is 6.18 Å². The fourth-order valence-corrected chi connectivity index (χ4v) is 2.51. The largest absolute Gasteiger partial charge is 0.390 e. The molecule has 1 aliphatic rings. The predicted octanol–water partition coefficient (Wildman–Crippen LogP) is 3.44. The van der Waals surface area contributed by atoms with Crippen molar-refractivity contribution in [3.8, 4) is 6.07 Å². The molecule has 0 aromatic heterocycles. The molecule has 1 fully saturated rings. The molecule has 0 amide bonds. The van der Waals surface area contributed by atoms with E-state index in [1.54, 1.807) is 11.0 Å². The quantitative estimate of drug-likeness (QED) is 0.824. The van der Waals surface area contributed by atoms with Gasteiger partial charge in [-0.2, -0.15) is 18.4 Å². The van der Waals surface area contributed by atoms with Crippen LogP contribution in [-0.4, -0.2) is 37.3 Å². The Bertz CT molecular complexity index is 540. The van der Waals surface area contributed by atoms with E-state index in [4.69, 9.17) is 5.26 Å². The van der Waals surface area contributed by atoms with Gasteiger partial charge in [-0.3, -0.25) is 4.90 Å². The van der Waals surface area contributed by atoms with Crippen LogP contribution < -0.4 is 5.32 Å². The average molecular weight is 374 g/mol. The Morgan fingerprint density at radius 3 is 2.35 bits per heavy atom. The molecule has 1 aromatic carbocycles. The average Bonchev–Trinajstić information content (AvgIpc) is 2.45. The lowest BCUT2D eigenvalue weighted by Crippen LogP contribution is -2.46. The summed E-state index contributed by atoms with van der Waals surface area (Å²) in [6.07, 6.45) is -5.33. The zero-order valence-electron chi connectivity index (χ0n) is 12.1. The summed E-state index contributed by atoms with van der Waals surface area (Å²) >= 11 is 0. The van der Waals surface area contributed by atoms with Gasteiger partial charge in [0.1, 0.15) is 11.9 Å². The first-order valence-corrected chi connectivity index (χ1v) is 6.62. The highest BCUT2D eigenvalue weighted by Crippen LogP contribution is 2.34. The number of halogens is 6. The summed E-state index contributed by atoms with van der Waals surface area (Å²) in [4.78, 5) is 1.72. The van der Waals surface area contributed by atoms with Crippen molar-refractivity contribution >= 4 is 24.8 Å². The van der Waals surface area contributed by atoms with Crippen LogP contribution in [0.3, 0.4) is 0 Å². The molecule has 0 aliphatic carbocycles. The van der Waals surface area contributed by atoms with Crippen molar-refractivity contribution in [1.82, 2.24) is 10.2 Å². The van der Waals surface area contributed by atoms with Gasteiger partial charge in [-0.05, 0) is 17.7 Å². The molecule has 0 unspecified atom stereocenters. The normalized spacial score (nSPS) is 16.7. The van der Waals surface area contributed by atoms with Gasteiger partial charge in [-0.15, -0.1) is 24.8 Å². The van der Waals surface area contributed by atoms with E-state index in [9.17, 15) is 17.6 Å². The number of alkyl halides is 3. The first-order chi connectivity index (χ1) is 9.90. The molecule has 3 nitrogen and oxygen atoms in total. The maximum absolute atomic E-state index is 13.3. The molecule has 23 heavy (non-hydrogen) atoms. The first kappa shape index (κ1) is 21.9. The van der Waals surface area contributed by atoms with E-state index in [1.807, 2.05) is 0 Å². The van der Waals surface area contributed by atoms with Crippen molar-refractivity contribution in [2.45, 2.75) is 18.6 Å². The number of nitriles is 1. The van der Waals surface area contributed by atoms with Crippen LogP contribution >= 0.6 is 24.8 Å². The standard InChI is InChI=1S/C14H15F4N3.2ClH/c15-12-2-1-10(7-11(12)9-19)13(8-14(16,17)18)21-5-3-20-4-6-21;;/h1-2,7,13,20H,3-6,8H2;2*1H/t13-;;/m0../s1. The van der Waals surface area contributed by atoms with E-state index >= 15 is 0 Å². The van der Waals surface area contributed by atoms with E-state index in [-0.39, 0.29) is 30.4 Å². The van der Waals surface area contributed by atoms with Crippen LogP contribution in [0.25, 0.3) is 0 Å². The Labute approximate surface area is 144 Å². The van der Waals surface area contributed by atoms with Crippen LogP contribution in [0, 0.1) is 17.1 Å². The third-order valence-electron chi connectivity index (χ3n) is 3.51. The van der Waals surface area contributed by atoms with E-state index in [0.717, 1.165) is 6.07 Å². The van der Waals surface area contributed by atoms with Crippen molar-refractivity contribution in [1.29, 1.82) is 5.26 Å². The Morgan fingerprint density at radius 2 is 1.83 bits per heavy atom. The molecule has 2 rings (SSSR count). The summed E-state index contributed by atoms with van der Waals surface area (Å²) in [7, 11) is 0. The van der Waals surface area contributed by atoms with E-state index in [2.05, 4.69) is 5.32 Å². The molecule has 0 radical (unpaired) electrons. The third kappa shape index (κ3) is 6.15. The summed E-state index contributed by atoms with van der Waals surface area (Å²) in [6, 6.07) is 4.38. The van der Waals surface area contributed by atoms with Crippen molar-refractivity contribution in [3.05, 3.63) is 35.1 Å². The summed E-state index contributed by atoms with van der Waals surface area (Å²) in [5, 5.41) is 11.9. The second kappa shape index (κ2) is 9.28. The minimum absolute atomic E-state index is 0. The molecule has 130 valence electrons. The Balaban J connectivity index is 0.00000242. The zero-order valence-corrected chi connectivity index (χ0v) is 13.7. The molecule has 0 saturated carbocycles. The second-order valence-corrected chi connectivity index (χ2v) is 4.97. The molecular formula is C14H17Cl2F4N3. The van der Waals surface area contributed by atoms with Gasteiger partial charge in [0.15, 0.2) is 0 Å².